The first-order valence-corrected chi connectivity index (χ1v) is 6.31. The number of hydrogen-bond donors (Lipinski definition) is 1. The van der Waals surface area contributed by atoms with Crippen molar-refractivity contribution < 1.29 is 4.79 Å². The minimum Gasteiger partial charge on any atom is -0.345 e. The minimum atomic E-state index is -0.0155. The molecule has 0 radical (unpaired) electrons. The molecule has 1 N–H and O–H groups in total. The molecule has 0 aliphatic carbocycles. The molecule has 5 nitrogen and oxygen atoms in total. The van der Waals surface area contributed by atoms with E-state index in [1.807, 2.05) is 24.3 Å². The van der Waals surface area contributed by atoms with Crippen molar-refractivity contribution in [1.82, 2.24) is 19.9 Å². The van der Waals surface area contributed by atoms with Crippen LogP contribution in [-0.4, -0.2) is 32.8 Å². The van der Waals surface area contributed by atoms with Crippen molar-refractivity contribution in [2.45, 2.75) is 6.54 Å². The number of amides is 1. The fourth-order valence-corrected chi connectivity index (χ4v) is 2.12. The van der Waals surface area contributed by atoms with Crippen molar-refractivity contribution in [3.63, 3.8) is 0 Å². The first-order valence-electron chi connectivity index (χ1n) is 6.31. The summed E-state index contributed by atoms with van der Waals surface area (Å²) >= 11 is 0. The van der Waals surface area contributed by atoms with E-state index in [-0.39, 0.29) is 5.91 Å². The molecule has 0 spiro atoms. The zero-order chi connectivity index (χ0) is 13.9. The smallest absolute Gasteiger partial charge is 0.253 e. The van der Waals surface area contributed by atoms with E-state index >= 15 is 0 Å². The lowest BCUT2D eigenvalue weighted by molar-refractivity contribution is 0.0785. The molecule has 0 saturated heterocycles. The molecule has 5 heteroatoms. The molecule has 0 bridgehead atoms. The molecular formula is C15H14N4O. The number of rotatable bonds is 3. The predicted octanol–water partition coefficient (Wildman–Crippen LogP) is 2.23. The Kier molecular flexibility index (Phi) is 3.16. The second-order valence-corrected chi connectivity index (χ2v) is 4.65. The van der Waals surface area contributed by atoms with Gasteiger partial charge in [-0.1, -0.05) is 0 Å². The zero-order valence-corrected chi connectivity index (χ0v) is 11.1. The molecule has 1 aromatic carbocycles. The second kappa shape index (κ2) is 5.13. The summed E-state index contributed by atoms with van der Waals surface area (Å²) in [5.74, 6) is -0.0155. The van der Waals surface area contributed by atoms with Crippen molar-refractivity contribution in [3.8, 4) is 0 Å². The molecular weight excluding hydrogens is 252 g/mol. The van der Waals surface area contributed by atoms with Crippen molar-refractivity contribution in [3.05, 3.63) is 60.2 Å². The number of hydrogen-bond acceptors (Lipinski definition) is 3. The largest absolute Gasteiger partial charge is 0.345 e. The van der Waals surface area contributed by atoms with E-state index in [0.717, 1.165) is 16.6 Å². The van der Waals surface area contributed by atoms with Crippen LogP contribution >= 0.6 is 0 Å². The van der Waals surface area contributed by atoms with Gasteiger partial charge in [-0.2, -0.15) is 0 Å². The van der Waals surface area contributed by atoms with Gasteiger partial charge in [-0.25, -0.2) is 4.98 Å². The van der Waals surface area contributed by atoms with Gasteiger partial charge in [0.2, 0.25) is 0 Å². The summed E-state index contributed by atoms with van der Waals surface area (Å²) in [7, 11) is 1.79. The average molecular weight is 266 g/mol. The van der Waals surface area contributed by atoms with Gasteiger partial charge in [0, 0.05) is 31.5 Å². The van der Waals surface area contributed by atoms with E-state index in [0.29, 0.717) is 12.1 Å². The minimum absolute atomic E-state index is 0.0155. The number of aromatic amines is 1. The fraction of sp³-hybridized carbons (Fsp3) is 0.133. The first kappa shape index (κ1) is 12.3. The van der Waals surface area contributed by atoms with Gasteiger partial charge in [-0.15, -0.1) is 0 Å². The molecule has 2 heterocycles. The van der Waals surface area contributed by atoms with Crippen LogP contribution in [0.25, 0.3) is 11.0 Å². The van der Waals surface area contributed by atoms with Crippen molar-refractivity contribution >= 4 is 16.9 Å². The number of aromatic nitrogens is 3. The molecule has 2 aromatic heterocycles. The lowest BCUT2D eigenvalue weighted by atomic mass is 10.1. The number of fused-ring (bicyclic) bond motifs is 1. The van der Waals surface area contributed by atoms with E-state index in [2.05, 4.69) is 15.0 Å². The van der Waals surface area contributed by atoms with Crippen LogP contribution in [0.2, 0.25) is 0 Å². The van der Waals surface area contributed by atoms with Gasteiger partial charge in [-0.05, 0) is 35.9 Å². The third kappa shape index (κ3) is 2.38. The van der Waals surface area contributed by atoms with Crippen LogP contribution < -0.4 is 0 Å². The number of carbonyl (C=O) groups excluding carboxylic acids is 1. The van der Waals surface area contributed by atoms with E-state index in [1.165, 1.54) is 0 Å². The molecule has 3 rings (SSSR count). The lowest BCUT2D eigenvalue weighted by Crippen LogP contribution is -2.26. The predicted molar refractivity (Wildman–Crippen MR) is 76.1 cm³/mol. The maximum Gasteiger partial charge on any atom is 0.253 e. The number of nitrogens with one attached hydrogen (secondary N) is 1. The highest BCUT2D eigenvalue weighted by atomic mass is 16.2. The quantitative estimate of drug-likeness (QED) is 0.790. The maximum atomic E-state index is 12.4. The van der Waals surface area contributed by atoms with E-state index in [9.17, 15) is 4.79 Å². The maximum absolute atomic E-state index is 12.4. The molecule has 20 heavy (non-hydrogen) atoms. The highest BCUT2D eigenvalue weighted by molar-refractivity contribution is 5.97. The van der Waals surface area contributed by atoms with Crippen LogP contribution in [0, 0.1) is 0 Å². The Morgan fingerprint density at radius 3 is 2.85 bits per heavy atom. The van der Waals surface area contributed by atoms with Crippen LogP contribution in [-0.2, 0) is 6.54 Å². The van der Waals surface area contributed by atoms with E-state index in [1.54, 1.807) is 36.7 Å². The van der Waals surface area contributed by atoms with E-state index in [4.69, 9.17) is 0 Å². The monoisotopic (exact) mass is 266 g/mol. The topological polar surface area (TPSA) is 61.9 Å². The van der Waals surface area contributed by atoms with E-state index < -0.39 is 0 Å². The summed E-state index contributed by atoms with van der Waals surface area (Å²) in [6.07, 6.45) is 5.08. The molecule has 3 aromatic rings. The van der Waals surface area contributed by atoms with Gasteiger partial charge in [0.15, 0.2) is 0 Å². The molecule has 0 saturated carbocycles. The Hall–Kier alpha value is -2.69. The average Bonchev–Trinajstić information content (AvgIpc) is 2.94. The Bertz CT molecular complexity index is 736. The lowest BCUT2D eigenvalue weighted by Gasteiger charge is -2.17. The number of benzene rings is 1. The number of carbonyl (C=O) groups is 1. The Morgan fingerprint density at radius 1 is 1.25 bits per heavy atom. The van der Waals surface area contributed by atoms with Gasteiger partial charge >= 0.3 is 0 Å². The van der Waals surface area contributed by atoms with Gasteiger partial charge in [-0.3, -0.25) is 9.78 Å². The second-order valence-electron chi connectivity index (χ2n) is 4.65. The van der Waals surface area contributed by atoms with Gasteiger partial charge in [0.05, 0.1) is 17.4 Å². The standard InChI is InChI=1S/C15H14N4O/c1-19(9-11-4-6-16-7-5-11)15(20)12-2-3-13-14(8-12)18-10-17-13/h2-8,10H,9H2,1H3,(H,17,18). The Labute approximate surface area is 116 Å². The SMILES string of the molecule is CN(Cc1ccncc1)C(=O)c1ccc2nc[nH]c2c1. The third-order valence-corrected chi connectivity index (χ3v) is 3.18. The van der Waals surface area contributed by atoms with Gasteiger partial charge in [0.1, 0.15) is 0 Å². The van der Waals surface area contributed by atoms with Crippen LogP contribution in [0.3, 0.4) is 0 Å². The number of H-pyrrole nitrogens is 1. The summed E-state index contributed by atoms with van der Waals surface area (Å²) < 4.78 is 0. The zero-order valence-electron chi connectivity index (χ0n) is 11.1. The summed E-state index contributed by atoms with van der Waals surface area (Å²) in [6, 6.07) is 9.28. The molecule has 0 unspecified atom stereocenters. The van der Waals surface area contributed by atoms with Gasteiger partial charge < -0.3 is 9.88 Å². The van der Waals surface area contributed by atoms with Crippen molar-refractivity contribution in [1.29, 1.82) is 0 Å². The number of imidazole rings is 1. The summed E-state index contributed by atoms with van der Waals surface area (Å²) in [4.78, 5) is 25.2. The molecule has 100 valence electrons. The number of nitrogens with zero attached hydrogens (tertiary/aromatic N) is 3. The first-order chi connectivity index (χ1) is 9.74. The van der Waals surface area contributed by atoms with Gasteiger partial charge in [0.25, 0.3) is 5.91 Å². The summed E-state index contributed by atoms with van der Waals surface area (Å²) in [5.41, 5.74) is 3.43. The Morgan fingerprint density at radius 2 is 2.05 bits per heavy atom. The highest BCUT2D eigenvalue weighted by Crippen LogP contribution is 2.14. The van der Waals surface area contributed by atoms with Crippen molar-refractivity contribution in [2.75, 3.05) is 7.05 Å². The fourth-order valence-electron chi connectivity index (χ4n) is 2.12. The molecule has 0 fully saturated rings. The molecule has 0 aliphatic heterocycles. The van der Waals surface area contributed by atoms with Crippen LogP contribution in [0.5, 0.6) is 0 Å². The molecule has 0 aliphatic rings. The number of pyridine rings is 1. The van der Waals surface area contributed by atoms with Crippen LogP contribution in [0.4, 0.5) is 0 Å². The Balaban J connectivity index is 1.80. The summed E-state index contributed by atoms with van der Waals surface area (Å²) in [6.45, 7) is 0.558. The molecule has 0 atom stereocenters. The highest BCUT2D eigenvalue weighted by Gasteiger charge is 2.12. The third-order valence-electron chi connectivity index (χ3n) is 3.18. The van der Waals surface area contributed by atoms with Crippen molar-refractivity contribution in [2.24, 2.45) is 0 Å². The normalized spacial score (nSPS) is 10.7. The van der Waals surface area contributed by atoms with Crippen LogP contribution in [0.15, 0.2) is 49.1 Å². The molecule has 1 amide bonds. The summed E-state index contributed by atoms with van der Waals surface area (Å²) in [5, 5.41) is 0. The van der Waals surface area contributed by atoms with Crippen LogP contribution in [0.1, 0.15) is 15.9 Å².